The second kappa shape index (κ2) is 5.22. The molecule has 0 saturated carbocycles. The lowest BCUT2D eigenvalue weighted by atomic mass is 10.1. The number of rotatable bonds is 4. The van der Waals surface area contributed by atoms with E-state index in [2.05, 4.69) is 10.2 Å². The van der Waals surface area contributed by atoms with Crippen LogP contribution in [-0.4, -0.2) is 28.1 Å². The highest BCUT2D eigenvalue weighted by atomic mass is 32.2. The van der Waals surface area contributed by atoms with Crippen LogP contribution < -0.4 is 5.14 Å². The Morgan fingerprint density at radius 2 is 2.05 bits per heavy atom. The van der Waals surface area contributed by atoms with Crippen LogP contribution in [0.3, 0.4) is 0 Å². The number of sulfonamides is 1. The Labute approximate surface area is 120 Å². The van der Waals surface area contributed by atoms with Crippen LogP contribution in [0.15, 0.2) is 23.4 Å². The van der Waals surface area contributed by atoms with Gasteiger partial charge in [0.15, 0.2) is 5.82 Å². The Balaban J connectivity index is 2.72. The van der Waals surface area contributed by atoms with Crippen molar-refractivity contribution in [3.63, 3.8) is 0 Å². The largest absolute Gasteiger partial charge is 0.297 e. The average molecular weight is 311 g/mol. The number of hydrogen-bond acceptors (Lipinski definition) is 6. The molecule has 2 N–H and O–H groups in total. The number of nitrogens with two attached hydrogens (primary N) is 1. The summed E-state index contributed by atoms with van der Waals surface area (Å²) < 4.78 is 24.2. The smallest absolute Gasteiger partial charge is 0.273 e. The molecule has 112 valence electrons. The molecule has 9 nitrogen and oxygen atoms in total. The predicted octanol–water partition coefficient (Wildman–Crippen LogP) is 0.829. The summed E-state index contributed by atoms with van der Waals surface area (Å²) in [6.45, 7) is 3.53. The number of nitrogens with zero attached hydrogens (tertiary/aromatic N) is 4. The number of primary sulfonamides is 1. The molecular formula is C11H13N5O4S. The summed E-state index contributed by atoms with van der Waals surface area (Å²) >= 11 is 0. The summed E-state index contributed by atoms with van der Waals surface area (Å²) in [6.07, 6.45) is 0. The molecule has 0 radical (unpaired) electrons. The Morgan fingerprint density at radius 3 is 2.57 bits per heavy atom. The summed E-state index contributed by atoms with van der Waals surface area (Å²) in [5.74, 6) is 0.225. The standard InChI is InChI=1S/C11H13N5O4S/c1-3-15-10(13-14-11(15)21(12,19)20)8-5-4-6-9(7(8)2)16(17)18/h4-6H,3H2,1-2H3,(H2,12,19,20). The first-order valence-electron chi connectivity index (χ1n) is 5.97. The van der Waals surface area contributed by atoms with Gasteiger partial charge < -0.3 is 0 Å². The number of benzene rings is 1. The third kappa shape index (κ3) is 2.62. The van der Waals surface area contributed by atoms with Crippen LogP contribution in [0.25, 0.3) is 11.4 Å². The maximum Gasteiger partial charge on any atom is 0.273 e. The van der Waals surface area contributed by atoms with Crippen molar-refractivity contribution in [1.82, 2.24) is 14.8 Å². The summed E-state index contributed by atoms with van der Waals surface area (Å²) in [5, 5.41) is 23.1. The number of aromatic nitrogens is 3. The van der Waals surface area contributed by atoms with Crippen molar-refractivity contribution in [2.75, 3.05) is 0 Å². The zero-order chi connectivity index (χ0) is 15.8. The molecule has 10 heteroatoms. The highest BCUT2D eigenvalue weighted by Gasteiger charge is 2.24. The summed E-state index contributed by atoms with van der Waals surface area (Å²) in [6, 6.07) is 4.49. The van der Waals surface area contributed by atoms with Gasteiger partial charge in [-0.15, -0.1) is 10.2 Å². The monoisotopic (exact) mass is 311 g/mol. The third-order valence-corrected chi connectivity index (χ3v) is 3.84. The van der Waals surface area contributed by atoms with E-state index in [9.17, 15) is 18.5 Å². The first-order chi connectivity index (χ1) is 9.77. The fourth-order valence-electron chi connectivity index (χ4n) is 2.05. The molecule has 0 unspecified atom stereocenters. The number of nitro benzene ring substituents is 1. The van der Waals surface area contributed by atoms with Crippen molar-refractivity contribution in [3.8, 4) is 11.4 Å². The molecule has 1 aromatic carbocycles. The van der Waals surface area contributed by atoms with Crippen LogP contribution in [0.2, 0.25) is 0 Å². The maximum atomic E-state index is 11.5. The van der Waals surface area contributed by atoms with Crippen molar-refractivity contribution in [2.24, 2.45) is 5.14 Å². The second-order valence-electron chi connectivity index (χ2n) is 4.30. The molecule has 0 aliphatic rings. The van der Waals surface area contributed by atoms with E-state index in [1.54, 1.807) is 19.9 Å². The predicted molar refractivity (Wildman–Crippen MR) is 73.9 cm³/mol. The Morgan fingerprint density at radius 1 is 1.38 bits per heavy atom. The molecule has 2 rings (SSSR count). The Bertz CT molecular complexity index is 812. The minimum absolute atomic E-state index is 0.0738. The van der Waals surface area contributed by atoms with E-state index in [0.29, 0.717) is 11.1 Å². The molecule has 2 aromatic rings. The van der Waals surface area contributed by atoms with Gasteiger partial charge in [0.2, 0.25) is 0 Å². The SMILES string of the molecule is CCn1c(-c2cccc([N+](=O)[O-])c2C)nnc1S(N)(=O)=O. The van der Waals surface area contributed by atoms with Gasteiger partial charge in [-0.05, 0) is 13.8 Å². The highest BCUT2D eigenvalue weighted by Crippen LogP contribution is 2.29. The molecule has 0 spiro atoms. The Hall–Kier alpha value is -2.33. The van der Waals surface area contributed by atoms with E-state index in [4.69, 9.17) is 5.14 Å². The topological polar surface area (TPSA) is 134 Å². The Kier molecular flexibility index (Phi) is 3.75. The normalized spacial score (nSPS) is 11.6. The molecule has 1 heterocycles. The molecule has 0 atom stereocenters. The van der Waals surface area contributed by atoms with E-state index < -0.39 is 14.9 Å². The lowest BCUT2D eigenvalue weighted by Crippen LogP contribution is -2.18. The van der Waals surface area contributed by atoms with Crippen LogP contribution in [0.1, 0.15) is 12.5 Å². The lowest BCUT2D eigenvalue weighted by molar-refractivity contribution is -0.385. The molecule has 1 aromatic heterocycles. The van der Waals surface area contributed by atoms with Crippen LogP contribution in [0.4, 0.5) is 5.69 Å². The van der Waals surface area contributed by atoms with Crippen LogP contribution in [0, 0.1) is 17.0 Å². The molecule has 21 heavy (non-hydrogen) atoms. The first-order valence-corrected chi connectivity index (χ1v) is 7.52. The van der Waals surface area contributed by atoms with Crippen molar-refractivity contribution in [1.29, 1.82) is 0 Å². The highest BCUT2D eigenvalue weighted by molar-refractivity contribution is 7.89. The lowest BCUT2D eigenvalue weighted by Gasteiger charge is -2.08. The van der Waals surface area contributed by atoms with Crippen molar-refractivity contribution < 1.29 is 13.3 Å². The van der Waals surface area contributed by atoms with E-state index in [1.165, 1.54) is 16.7 Å². The van der Waals surface area contributed by atoms with E-state index >= 15 is 0 Å². The van der Waals surface area contributed by atoms with E-state index in [1.807, 2.05) is 0 Å². The minimum Gasteiger partial charge on any atom is -0.297 e. The van der Waals surface area contributed by atoms with Crippen LogP contribution in [0.5, 0.6) is 0 Å². The maximum absolute atomic E-state index is 11.5. The van der Waals surface area contributed by atoms with Crippen molar-refractivity contribution in [2.45, 2.75) is 25.5 Å². The first kappa shape index (κ1) is 15.1. The molecule has 0 bridgehead atoms. The van der Waals surface area contributed by atoms with Gasteiger partial charge in [0.1, 0.15) is 0 Å². The average Bonchev–Trinajstić information content (AvgIpc) is 2.82. The zero-order valence-corrected chi connectivity index (χ0v) is 12.2. The van der Waals surface area contributed by atoms with Crippen LogP contribution >= 0.6 is 0 Å². The van der Waals surface area contributed by atoms with Gasteiger partial charge in [-0.25, -0.2) is 13.6 Å². The minimum atomic E-state index is -4.02. The number of hydrogen-bond donors (Lipinski definition) is 1. The van der Waals surface area contributed by atoms with Gasteiger partial charge in [0, 0.05) is 23.7 Å². The van der Waals surface area contributed by atoms with Gasteiger partial charge in [-0.2, -0.15) is 0 Å². The van der Waals surface area contributed by atoms with E-state index in [-0.39, 0.29) is 23.2 Å². The molecule has 0 fully saturated rings. The van der Waals surface area contributed by atoms with Gasteiger partial charge in [-0.3, -0.25) is 14.7 Å². The fraction of sp³-hybridized carbons (Fsp3) is 0.273. The van der Waals surface area contributed by atoms with Crippen molar-refractivity contribution >= 4 is 15.7 Å². The molecule has 0 aliphatic heterocycles. The quantitative estimate of drug-likeness (QED) is 0.656. The van der Waals surface area contributed by atoms with Gasteiger partial charge in [-0.1, -0.05) is 12.1 Å². The zero-order valence-electron chi connectivity index (χ0n) is 11.3. The summed E-state index contributed by atoms with van der Waals surface area (Å²) in [7, 11) is -4.02. The number of nitro groups is 1. The molecule has 0 saturated heterocycles. The summed E-state index contributed by atoms with van der Waals surface area (Å²) in [5.41, 5.74) is 0.745. The van der Waals surface area contributed by atoms with Crippen LogP contribution in [-0.2, 0) is 16.6 Å². The second-order valence-corrected chi connectivity index (χ2v) is 5.76. The fourth-order valence-corrected chi connectivity index (χ4v) is 2.72. The molecule has 0 aliphatic carbocycles. The molecule has 0 amide bonds. The van der Waals surface area contributed by atoms with Gasteiger partial charge in [0.25, 0.3) is 20.9 Å². The third-order valence-electron chi connectivity index (χ3n) is 3.03. The van der Waals surface area contributed by atoms with Gasteiger partial charge in [0.05, 0.1) is 4.92 Å². The molecular weight excluding hydrogens is 298 g/mol. The summed E-state index contributed by atoms with van der Waals surface area (Å²) in [4.78, 5) is 10.5. The van der Waals surface area contributed by atoms with Crippen molar-refractivity contribution in [3.05, 3.63) is 33.9 Å². The van der Waals surface area contributed by atoms with Gasteiger partial charge >= 0.3 is 0 Å². The van der Waals surface area contributed by atoms with E-state index in [0.717, 1.165) is 0 Å².